The molecular formula is C15H24N2O3. The second-order valence-electron chi connectivity index (χ2n) is 4.93. The van der Waals surface area contributed by atoms with Crippen LogP contribution in [0.3, 0.4) is 0 Å². The van der Waals surface area contributed by atoms with Gasteiger partial charge in [0.25, 0.3) is 0 Å². The number of aryl methyl sites for hydroxylation is 1. The zero-order chi connectivity index (χ0) is 15.1. The van der Waals surface area contributed by atoms with Crippen LogP contribution in [0, 0.1) is 13.8 Å². The number of Topliss-reactive ketones (excluding diaryl/α,β-unsaturated/α-hetero) is 1. The summed E-state index contributed by atoms with van der Waals surface area (Å²) in [7, 11) is 3.26. The minimum absolute atomic E-state index is 0.00242. The molecule has 1 unspecified atom stereocenters. The first kappa shape index (κ1) is 16.6. The molecule has 0 fully saturated rings. The molecule has 1 aromatic heterocycles. The molecule has 0 aliphatic carbocycles. The molecule has 0 saturated carbocycles. The number of ether oxygens (including phenoxy) is 2. The quantitative estimate of drug-likeness (QED) is 0.732. The zero-order valence-electron chi connectivity index (χ0n) is 12.7. The number of carbonyl (C=O) groups excluding carboxylic acids is 1. The van der Waals surface area contributed by atoms with Gasteiger partial charge in [-0.25, -0.2) is 0 Å². The third-order valence-corrected chi connectivity index (χ3v) is 3.37. The highest BCUT2D eigenvalue weighted by Crippen LogP contribution is 2.24. The van der Waals surface area contributed by atoms with E-state index >= 15 is 0 Å². The van der Waals surface area contributed by atoms with Crippen molar-refractivity contribution in [3.8, 4) is 5.75 Å². The largest absolute Gasteiger partial charge is 0.496 e. The Morgan fingerprint density at radius 1 is 1.40 bits per heavy atom. The molecule has 0 radical (unpaired) electrons. The van der Waals surface area contributed by atoms with Gasteiger partial charge in [-0.1, -0.05) is 0 Å². The van der Waals surface area contributed by atoms with Crippen LogP contribution in [0.2, 0.25) is 0 Å². The second kappa shape index (κ2) is 7.97. The van der Waals surface area contributed by atoms with E-state index in [2.05, 4.69) is 4.98 Å². The molecule has 0 aromatic carbocycles. The van der Waals surface area contributed by atoms with Crippen LogP contribution in [-0.2, 0) is 16.0 Å². The molecule has 1 heterocycles. The fraction of sp³-hybridized carbons (Fsp3) is 0.600. The van der Waals surface area contributed by atoms with E-state index in [1.807, 2.05) is 13.8 Å². The topological polar surface area (TPSA) is 74.4 Å². The van der Waals surface area contributed by atoms with Gasteiger partial charge in [-0.2, -0.15) is 0 Å². The number of rotatable bonds is 8. The van der Waals surface area contributed by atoms with Crippen LogP contribution < -0.4 is 10.5 Å². The van der Waals surface area contributed by atoms with Crippen molar-refractivity contribution >= 4 is 5.78 Å². The fourth-order valence-electron chi connectivity index (χ4n) is 2.15. The maximum atomic E-state index is 12.1. The summed E-state index contributed by atoms with van der Waals surface area (Å²) in [6.45, 7) is 4.47. The fourth-order valence-corrected chi connectivity index (χ4v) is 2.15. The molecule has 0 spiro atoms. The van der Waals surface area contributed by atoms with Crippen molar-refractivity contribution in [3.63, 3.8) is 0 Å². The number of ketones is 1. The number of pyridine rings is 1. The van der Waals surface area contributed by atoms with E-state index in [4.69, 9.17) is 15.2 Å². The average molecular weight is 280 g/mol. The van der Waals surface area contributed by atoms with E-state index in [-0.39, 0.29) is 12.2 Å². The predicted octanol–water partition coefficient (Wildman–Crippen LogP) is 1.57. The number of nitrogens with two attached hydrogens (primary N) is 1. The first-order chi connectivity index (χ1) is 9.51. The number of methoxy groups -OCH3 is 2. The Kier molecular flexibility index (Phi) is 6.61. The average Bonchev–Trinajstić information content (AvgIpc) is 2.42. The molecule has 0 saturated heterocycles. The van der Waals surface area contributed by atoms with Crippen molar-refractivity contribution in [2.45, 2.75) is 39.2 Å². The highest BCUT2D eigenvalue weighted by Gasteiger charge is 2.17. The minimum Gasteiger partial charge on any atom is -0.496 e. The van der Waals surface area contributed by atoms with Gasteiger partial charge in [0.15, 0.2) is 5.78 Å². The highest BCUT2D eigenvalue weighted by atomic mass is 16.5. The molecule has 112 valence electrons. The van der Waals surface area contributed by atoms with Crippen LogP contribution in [0.5, 0.6) is 5.75 Å². The lowest BCUT2D eigenvalue weighted by Gasteiger charge is -2.14. The SMILES string of the molecule is COCCCC(N)C(=O)Cc1ncc(C)c(OC)c1C. The summed E-state index contributed by atoms with van der Waals surface area (Å²) >= 11 is 0. The van der Waals surface area contributed by atoms with Gasteiger partial charge in [-0.3, -0.25) is 9.78 Å². The van der Waals surface area contributed by atoms with E-state index < -0.39 is 6.04 Å². The normalized spacial score (nSPS) is 12.2. The molecule has 0 amide bonds. The summed E-state index contributed by atoms with van der Waals surface area (Å²) in [5.41, 5.74) is 8.50. The summed E-state index contributed by atoms with van der Waals surface area (Å²) in [4.78, 5) is 16.4. The van der Waals surface area contributed by atoms with Crippen LogP contribution in [0.1, 0.15) is 29.7 Å². The van der Waals surface area contributed by atoms with Crippen LogP contribution >= 0.6 is 0 Å². The second-order valence-corrected chi connectivity index (χ2v) is 4.93. The molecule has 20 heavy (non-hydrogen) atoms. The maximum absolute atomic E-state index is 12.1. The highest BCUT2D eigenvalue weighted by molar-refractivity contribution is 5.85. The molecule has 1 rings (SSSR count). The van der Waals surface area contributed by atoms with Gasteiger partial charge >= 0.3 is 0 Å². The monoisotopic (exact) mass is 280 g/mol. The number of hydrogen-bond acceptors (Lipinski definition) is 5. The van der Waals surface area contributed by atoms with Gasteiger partial charge in [-0.15, -0.1) is 0 Å². The molecular weight excluding hydrogens is 256 g/mol. The lowest BCUT2D eigenvalue weighted by Crippen LogP contribution is -2.32. The van der Waals surface area contributed by atoms with Gasteiger partial charge in [0, 0.05) is 31.0 Å². The Bertz CT molecular complexity index is 461. The Morgan fingerprint density at radius 3 is 2.70 bits per heavy atom. The Labute approximate surface area is 120 Å². The minimum atomic E-state index is -0.460. The summed E-state index contributed by atoms with van der Waals surface area (Å²) in [6, 6.07) is -0.460. The first-order valence-electron chi connectivity index (χ1n) is 6.77. The molecule has 0 aliphatic rings. The summed E-state index contributed by atoms with van der Waals surface area (Å²) in [5, 5.41) is 0. The lowest BCUT2D eigenvalue weighted by atomic mass is 10.0. The first-order valence-corrected chi connectivity index (χ1v) is 6.77. The molecule has 1 aromatic rings. The van der Waals surface area contributed by atoms with E-state index in [1.54, 1.807) is 20.4 Å². The lowest BCUT2D eigenvalue weighted by molar-refractivity contribution is -0.119. The van der Waals surface area contributed by atoms with Crippen molar-refractivity contribution in [1.82, 2.24) is 4.98 Å². The van der Waals surface area contributed by atoms with Crippen molar-refractivity contribution in [1.29, 1.82) is 0 Å². The Hall–Kier alpha value is -1.46. The number of hydrogen-bond donors (Lipinski definition) is 1. The Balaban J connectivity index is 2.71. The van der Waals surface area contributed by atoms with Crippen molar-refractivity contribution in [2.24, 2.45) is 5.73 Å². The smallest absolute Gasteiger partial charge is 0.155 e. The van der Waals surface area contributed by atoms with E-state index in [9.17, 15) is 4.79 Å². The standard InChI is InChI=1S/C15H24N2O3/c1-10-9-17-13(11(2)15(10)20-4)8-14(18)12(16)6-5-7-19-3/h9,12H,5-8,16H2,1-4H3. The van der Waals surface area contributed by atoms with E-state index in [0.29, 0.717) is 13.0 Å². The summed E-state index contributed by atoms with van der Waals surface area (Å²) < 4.78 is 10.3. The van der Waals surface area contributed by atoms with Gasteiger partial charge in [0.2, 0.25) is 0 Å². The van der Waals surface area contributed by atoms with Gasteiger partial charge in [0.05, 0.1) is 25.3 Å². The van der Waals surface area contributed by atoms with Gasteiger partial charge in [0.1, 0.15) is 5.75 Å². The van der Waals surface area contributed by atoms with Crippen LogP contribution in [0.15, 0.2) is 6.20 Å². The van der Waals surface area contributed by atoms with E-state index in [1.165, 1.54) is 0 Å². The van der Waals surface area contributed by atoms with Crippen LogP contribution in [-0.4, -0.2) is 37.6 Å². The van der Waals surface area contributed by atoms with E-state index in [0.717, 1.165) is 29.0 Å². The third kappa shape index (κ3) is 4.28. The number of carbonyl (C=O) groups is 1. The summed E-state index contributed by atoms with van der Waals surface area (Å²) in [5.74, 6) is 0.790. The van der Waals surface area contributed by atoms with Crippen molar-refractivity contribution in [2.75, 3.05) is 20.8 Å². The number of nitrogens with zero attached hydrogens (tertiary/aromatic N) is 1. The maximum Gasteiger partial charge on any atom is 0.155 e. The van der Waals surface area contributed by atoms with Gasteiger partial charge in [-0.05, 0) is 26.7 Å². The third-order valence-electron chi connectivity index (χ3n) is 3.37. The molecule has 1 atom stereocenters. The molecule has 5 nitrogen and oxygen atoms in total. The molecule has 0 aliphatic heterocycles. The van der Waals surface area contributed by atoms with Crippen molar-refractivity contribution < 1.29 is 14.3 Å². The zero-order valence-corrected chi connectivity index (χ0v) is 12.7. The van der Waals surface area contributed by atoms with Crippen LogP contribution in [0.4, 0.5) is 0 Å². The molecule has 5 heteroatoms. The molecule has 2 N–H and O–H groups in total. The predicted molar refractivity (Wildman–Crippen MR) is 78.1 cm³/mol. The van der Waals surface area contributed by atoms with Crippen LogP contribution in [0.25, 0.3) is 0 Å². The Morgan fingerprint density at radius 2 is 2.10 bits per heavy atom. The van der Waals surface area contributed by atoms with Gasteiger partial charge < -0.3 is 15.2 Å². The number of aromatic nitrogens is 1. The van der Waals surface area contributed by atoms with Crippen molar-refractivity contribution in [3.05, 3.63) is 23.0 Å². The summed E-state index contributed by atoms with van der Waals surface area (Å²) in [6.07, 6.45) is 3.39. The molecule has 0 bridgehead atoms.